The number of allylic oxidation sites excluding steroid dienone is 5. The highest BCUT2D eigenvalue weighted by Crippen LogP contribution is 2.50. The first-order valence-corrected chi connectivity index (χ1v) is 6.30. The van der Waals surface area contributed by atoms with Gasteiger partial charge in [0, 0.05) is 0 Å². The van der Waals surface area contributed by atoms with Crippen LogP contribution in [0.15, 0.2) is 34.9 Å². The Morgan fingerprint density at radius 3 is 2.31 bits per heavy atom. The van der Waals surface area contributed by atoms with Crippen LogP contribution in [0.3, 0.4) is 0 Å². The molecule has 0 atom stereocenters. The van der Waals surface area contributed by atoms with E-state index in [0.29, 0.717) is 10.8 Å². The van der Waals surface area contributed by atoms with Gasteiger partial charge in [0.05, 0.1) is 0 Å². The molecule has 0 aromatic heterocycles. The van der Waals surface area contributed by atoms with E-state index in [2.05, 4.69) is 47.3 Å². The van der Waals surface area contributed by atoms with Gasteiger partial charge in [0.25, 0.3) is 0 Å². The third-order valence-corrected chi connectivity index (χ3v) is 3.76. The molecule has 0 heteroatoms. The predicted octanol–water partition coefficient (Wildman–Crippen LogP) is 5.04. The summed E-state index contributed by atoms with van der Waals surface area (Å²) >= 11 is 0. The van der Waals surface area contributed by atoms with Crippen molar-refractivity contribution in [3.05, 3.63) is 34.9 Å². The number of hydrogen-bond acceptors (Lipinski definition) is 0. The van der Waals surface area contributed by atoms with Crippen LogP contribution in [0.5, 0.6) is 0 Å². The lowest BCUT2D eigenvalue weighted by Gasteiger charge is -2.40. The summed E-state index contributed by atoms with van der Waals surface area (Å²) in [5, 5.41) is 0. The van der Waals surface area contributed by atoms with E-state index in [1.165, 1.54) is 29.6 Å². The molecule has 0 aliphatic heterocycles. The minimum absolute atomic E-state index is 0.330. The Hall–Kier alpha value is -0.780. The van der Waals surface area contributed by atoms with Crippen molar-refractivity contribution < 1.29 is 0 Å². The van der Waals surface area contributed by atoms with E-state index in [4.69, 9.17) is 0 Å². The van der Waals surface area contributed by atoms with Gasteiger partial charge in [-0.05, 0) is 53.7 Å². The SMILES string of the molecule is C=C1CC(C)(C)CC2=C1C(C)=CC(C)(C)C2. The highest BCUT2D eigenvalue weighted by molar-refractivity contribution is 5.53. The van der Waals surface area contributed by atoms with Crippen LogP contribution in [0.1, 0.15) is 53.9 Å². The van der Waals surface area contributed by atoms with Crippen LogP contribution < -0.4 is 0 Å². The molecule has 0 unspecified atom stereocenters. The molecule has 16 heavy (non-hydrogen) atoms. The number of rotatable bonds is 0. The normalized spacial score (nSPS) is 27.6. The molecule has 0 fully saturated rings. The fourth-order valence-corrected chi connectivity index (χ4v) is 3.61. The standard InChI is InChI=1S/C16H24/c1-11-7-15(3,4)9-13-10-16(5,6)8-12(2)14(11)13/h8H,1,7,9-10H2,2-6H3. The second-order valence-electron chi connectivity index (χ2n) is 7.09. The van der Waals surface area contributed by atoms with Gasteiger partial charge in [-0.3, -0.25) is 0 Å². The molecule has 2 aliphatic carbocycles. The lowest BCUT2D eigenvalue weighted by molar-refractivity contribution is 0.324. The van der Waals surface area contributed by atoms with E-state index >= 15 is 0 Å². The van der Waals surface area contributed by atoms with Crippen molar-refractivity contribution in [3.8, 4) is 0 Å². The predicted molar refractivity (Wildman–Crippen MR) is 71.3 cm³/mol. The Morgan fingerprint density at radius 1 is 1.06 bits per heavy atom. The average Bonchev–Trinajstić information content (AvgIpc) is 1.94. The summed E-state index contributed by atoms with van der Waals surface area (Å²) in [6, 6.07) is 0. The van der Waals surface area contributed by atoms with Gasteiger partial charge < -0.3 is 0 Å². The first-order chi connectivity index (χ1) is 7.20. The monoisotopic (exact) mass is 216 g/mol. The maximum atomic E-state index is 4.29. The van der Waals surface area contributed by atoms with E-state index in [1.54, 1.807) is 5.57 Å². The van der Waals surface area contributed by atoms with Gasteiger partial charge in [0.2, 0.25) is 0 Å². The molecule has 0 saturated carbocycles. The molecule has 0 saturated heterocycles. The fraction of sp³-hybridized carbons (Fsp3) is 0.625. The second kappa shape index (κ2) is 3.35. The van der Waals surface area contributed by atoms with E-state index in [-0.39, 0.29) is 0 Å². The minimum Gasteiger partial charge on any atom is -0.0952 e. The van der Waals surface area contributed by atoms with Crippen molar-refractivity contribution in [1.82, 2.24) is 0 Å². The minimum atomic E-state index is 0.330. The molecule has 0 aromatic rings. The van der Waals surface area contributed by atoms with E-state index in [0.717, 1.165) is 6.42 Å². The van der Waals surface area contributed by atoms with Gasteiger partial charge in [-0.25, -0.2) is 0 Å². The summed E-state index contributed by atoms with van der Waals surface area (Å²) in [6.45, 7) is 15.9. The summed E-state index contributed by atoms with van der Waals surface area (Å²) in [4.78, 5) is 0. The zero-order valence-electron chi connectivity index (χ0n) is 11.4. The van der Waals surface area contributed by atoms with Crippen molar-refractivity contribution in [1.29, 1.82) is 0 Å². The lowest BCUT2D eigenvalue weighted by atomic mass is 9.64. The molecule has 0 nitrogen and oxygen atoms in total. The smallest absolute Gasteiger partial charge is 0.0131 e. The Kier molecular flexibility index (Phi) is 2.45. The lowest BCUT2D eigenvalue weighted by Crippen LogP contribution is -2.26. The van der Waals surface area contributed by atoms with Crippen LogP contribution in [0.2, 0.25) is 0 Å². The summed E-state index contributed by atoms with van der Waals surface area (Å²) in [5.41, 5.74) is 6.69. The van der Waals surface area contributed by atoms with Crippen molar-refractivity contribution in [2.24, 2.45) is 10.8 Å². The summed E-state index contributed by atoms with van der Waals surface area (Å²) < 4.78 is 0. The first-order valence-electron chi connectivity index (χ1n) is 6.30. The molecule has 2 aliphatic rings. The van der Waals surface area contributed by atoms with Gasteiger partial charge in [-0.2, -0.15) is 0 Å². The fourth-order valence-electron chi connectivity index (χ4n) is 3.61. The summed E-state index contributed by atoms with van der Waals surface area (Å²) in [7, 11) is 0. The first kappa shape index (κ1) is 11.7. The van der Waals surface area contributed by atoms with Crippen LogP contribution in [-0.2, 0) is 0 Å². The van der Waals surface area contributed by atoms with Crippen molar-refractivity contribution >= 4 is 0 Å². The molecule has 0 bridgehead atoms. The van der Waals surface area contributed by atoms with Crippen LogP contribution >= 0.6 is 0 Å². The van der Waals surface area contributed by atoms with Crippen LogP contribution in [0, 0.1) is 10.8 Å². The molecule has 2 rings (SSSR count). The molecule has 0 heterocycles. The number of hydrogen-bond donors (Lipinski definition) is 0. The van der Waals surface area contributed by atoms with E-state index < -0.39 is 0 Å². The van der Waals surface area contributed by atoms with Crippen LogP contribution in [0.4, 0.5) is 0 Å². The second-order valence-corrected chi connectivity index (χ2v) is 7.09. The Balaban J connectivity index is 2.46. The maximum Gasteiger partial charge on any atom is -0.0131 e. The van der Waals surface area contributed by atoms with Gasteiger partial charge in [-0.15, -0.1) is 0 Å². The highest BCUT2D eigenvalue weighted by atomic mass is 14.4. The van der Waals surface area contributed by atoms with Gasteiger partial charge in [0.1, 0.15) is 0 Å². The molecule has 0 N–H and O–H groups in total. The summed E-state index contributed by atoms with van der Waals surface area (Å²) in [6.07, 6.45) is 6.03. The highest BCUT2D eigenvalue weighted by Gasteiger charge is 2.34. The van der Waals surface area contributed by atoms with Gasteiger partial charge in [0.15, 0.2) is 0 Å². The zero-order valence-corrected chi connectivity index (χ0v) is 11.4. The molecule has 0 spiro atoms. The molecular formula is C16H24. The summed E-state index contributed by atoms with van der Waals surface area (Å²) in [5.74, 6) is 0. The zero-order chi connectivity index (χ0) is 12.1. The van der Waals surface area contributed by atoms with Gasteiger partial charge >= 0.3 is 0 Å². The Labute approximate surface area is 100 Å². The molecule has 0 aromatic carbocycles. The van der Waals surface area contributed by atoms with Gasteiger partial charge in [-0.1, -0.05) is 45.9 Å². The largest absolute Gasteiger partial charge is 0.0952 e. The maximum absolute atomic E-state index is 4.29. The van der Waals surface area contributed by atoms with Crippen LogP contribution in [0.25, 0.3) is 0 Å². The Morgan fingerprint density at radius 2 is 1.69 bits per heavy atom. The quantitative estimate of drug-likeness (QED) is 0.532. The third-order valence-electron chi connectivity index (χ3n) is 3.76. The van der Waals surface area contributed by atoms with E-state index in [9.17, 15) is 0 Å². The van der Waals surface area contributed by atoms with Crippen molar-refractivity contribution in [2.45, 2.75) is 53.9 Å². The van der Waals surface area contributed by atoms with Crippen molar-refractivity contribution in [2.75, 3.05) is 0 Å². The molecule has 0 amide bonds. The van der Waals surface area contributed by atoms with E-state index in [1.807, 2.05) is 0 Å². The third kappa shape index (κ3) is 2.03. The molecular weight excluding hydrogens is 192 g/mol. The van der Waals surface area contributed by atoms with Crippen molar-refractivity contribution in [3.63, 3.8) is 0 Å². The Bertz CT molecular complexity index is 400. The van der Waals surface area contributed by atoms with Crippen LogP contribution in [-0.4, -0.2) is 0 Å². The average molecular weight is 216 g/mol. The molecule has 88 valence electrons. The topological polar surface area (TPSA) is 0 Å². The molecule has 0 radical (unpaired) electrons.